The van der Waals surface area contributed by atoms with Gasteiger partial charge in [-0.05, 0) is 22.9 Å². The highest BCUT2D eigenvalue weighted by Crippen LogP contribution is 2.22. The third-order valence-corrected chi connectivity index (χ3v) is 5.60. The first-order chi connectivity index (χ1) is 15.2. The van der Waals surface area contributed by atoms with Gasteiger partial charge in [0.2, 0.25) is 17.8 Å². The Morgan fingerprint density at radius 2 is 1.29 bits per heavy atom. The lowest BCUT2D eigenvalue weighted by Crippen LogP contribution is -2.44. The number of pyridine rings is 1. The van der Waals surface area contributed by atoms with Gasteiger partial charge < -0.3 is 0 Å². The maximum absolute atomic E-state index is 13.7. The van der Waals surface area contributed by atoms with Gasteiger partial charge in [0, 0.05) is 28.6 Å². The molecule has 0 aliphatic heterocycles. The molecular weight excluding hydrogens is 382 g/mol. The number of aromatic nitrogens is 1. The Labute approximate surface area is 180 Å². The smallest absolute Gasteiger partial charge is 0.257 e. The highest BCUT2D eigenvalue weighted by molar-refractivity contribution is 6.15. The van der Waals surface area contributed by atoms with Crippen molar-refractivity contribution in [1.82, 2.24) is 0 Å². The fourth-order valence-corrected chi connectivity index (χ4v) is 4.05. The third kappa shape index (κ3) is 3.51. The summed E-state index contributed by atoms with van der Waals surface area (Å²) in [5.74, 6) is -0.127. The molecule has 1 heterocycles. The van der Waals surface area contributed by atoms with Gasteiger partial charge in [-0.3, -0.25) is 9.59 Å². The van der Waals surface area contributed by atoms with E-state index < -0.39 is 0 Å². The van der Waals surface area contributed by atoms with Gasteiger partial charge in [-0.1, -0.05) is 84.9 Å². The molecule has 3 nitrogen and oxygen atoms in total. The van der Waals surface area contributed by atoms with E-state index in [0.29, 0.717) is 16.8 Å². The summed E-state index contributed by atoms with van der Waals surface area (Å²) in [4.78, 5) is 26.8. The number of para-hydroxylation sites is 1. The number of Topliss-reactive ketones (excluding diaryl/α,β-unsaturated/α-hetero) is 1. The van der Waals surface area contributed by atoms with Gasteiger partial charge in [0.25, 0.3) is 11.5 Å². The van der Waals surface area contributed by atoms with Crippen molar-refractivity contribution in [2.24, 2.45) is 0 Å². The van der Waals surface area contributed by atoms with Crippen molar-refractivity contribution in [1.29, 1.82) is 0 Å². The summed E-state index contributed by atoms with van der Waals surface area (Å²) >= 11 is 0. The minimum Gasteiger partial charge on any atom is -0.287 e. The van der Waals surface area contributed by atoms with Gasteiger partial charge in [-0.2, -0.15) is 4.57 Å². The summed E-state index contributed by atoms with van der Waals surface area (Å²) in [7, 11) is 0. The number of carbonyl (C=O) groups is 2. The number of rotatable bonds is 5. The Morgan fingerprint density at radius 1 is 0.613 bits per heavy atom. The molecule has 3 heteroatoms. The van der Waals surface area contributed by atoms with Crippen LogP contribution in [0.4, 0.5) is 0 Å². The van der Waals surface area contributed by atoms with Crippen LogP contribution in [0.5, 0.6) is 0 Å². The second-order valence-electron chi connectivity index (χ2n) is 7.51. The predicted molar refractivity (Wildman–Crippen MR) is 122 cm³/mol. The average Bonchev–Trinajstić information content (AvgIpc) is 2.84. The molecule has 0 atom stereocenters. The molecule has 0 spiro atoms. The number of nitrogens with zero attached hydrogens (tertiary/aromatic N) is 1. The van der Waals surface area contributed by atoms with Crippen LogP contribution in [0.25, 0.3) is 21.7 Å². The van der Waals surface area contributed by atoms with E-state index in [-0.39, 0.29) is 18.1 Å². The second-order valence-corrected chi connectivity index (χ2v) is 7.51. The molecule has 0 saturated carbocycles. The quantitative estimate of drug-likeness (QED) is 0.292. The van der Waals surface area contributed by atoms with Crippen molar-refractivity contribution in [3.05, 3.63) is 126 Å². The van der Waals surface area contributed by atoms with Crippen LogP contribution in [0.15, 0.2) is 109 Å². The zero-order chi connectivity index (χ0) is 21.2. The van der Waals surface area contributed by atoms with Crippen molar-refractivity contribution >= 4 is 33.2 Å². The lowest BCUT2D eigenvalue weighted by molar-refractivity contribution is -0.658. The summed E-state index contributed by atoms with van der Waals surface area (Å²) in [6.45, 7) is 0.0945. The topological polar surface area (TPSA) is 38.0 Å². The van der Waals surface area contributed by atoms with Crippen LogP contribution in [0.2, 0.25) is 0 Å². The highest BCUT2D eigenvalue weighted by atomic mass is 16.1. The molecule has 0 N–H and O–H groups in total. The number of carbonyl (C=O) groups excluding carboxylic acids is 2. The monoisotopic (exact) mass is 402 g/mol. The SMILES string of the molecule is O=C(C[n+]1c(C(=O)c2cccc3ccccc23)ccc2ccccc21)c1ccccc1. The zero-order valence-corrected chi connectivity index (χ0v) is 16.9. The fraction of sp³-hybridized carbons (Fsp3) is 0.0357. The molecule has 0 aliphatic carbocycles. The van der Waals surface area contributed by atoms with Gasteiger partial charge in [-0.15, -0.1) is 0 Å². The largest absolute Gasteiger partial charge is 0.287 e. The summed E-state index contributed by atoms with van der Waals surface area (Å²) in [5, 5.41) is 2.91. The molecule has 0 unspecified atom stereocenters. The highest BCUT2D eigenvalue weighted by Gasteiger charge is 2.27. The molecule has 0 amide bonds. The van der Waals surface area contributed by atoms with Crippen molar-refractivity contribution in [2.75, 3.05) is 0 Å². The van der Waals surface area contributed by atoms with E-state index in [2.05, 4.69) is 0 Å². The Morgan fingerprint density at radius 3 is 2.13 bits per heavy atom. The van der Waals surface area contributed by atoms with Crippen LogP contribution >= 0.6 is 0 Å². The summed E-state index contributed by atoms with van der Waals surface area (Å²) in [5.41, 5.74) is 2.62. The second kappa shape index (κ2) is 7.96. The predicted octanol–water partition coefficient (Wildman–Crippen LogP) is 5.39. The molecule has 5 aromatic rings. The molecule has 148 valence electrons. The van der Waals surface area contributed by atoms with E-state index in [4.69, 9.17) is 0 Å². The first kappa shape index (κ1) is 18.9. The van der Waals surface area contributed by atoms with Gasteiger partial charge >= 0.3 is 0 Å². The molecular formula is C28H20NO2+. The Hall–Kier alpha value is -4.11. The average molecular weight is 402 g/mol. The number of ketones is 2. The molecule has 0 saturated heterocycles. The van der Waals surface area contributed by atoms with Crippen LogP contribution in [0, 0.1) is 0 Å². The van der Waals surface area contributed by atoms with Gasteiger partial charge in [0.15, 0.2) is 0 Å². The van der Waals surface area contributed by atoms with E-state index in [1.807, 2.05) is 102 Å². The maximum atomic E-state index is 13.7. The normalized spacial score (nSPS) is 11.0. The Bertz CT molecular complexity index is 1430. The van der Waals surface area contributed by atoms with Crippen molar-refractivity contribution in [3.63, 3.8) is 0 Å². The van der Waals surface area contributed by atoms with E-state index in [0.717, 1.165) is 21.7 Å². The van der Waals surface area contributed by atoms with Gasteiger partial charge in [-0.25, -0.2) is 0 Å². The van der Waals surface area contributed by atoms with Crippen LogP contribution in [0.1, 0.15) is 26.4 Å². The van der Waals surface area contributed by atoms with Crippen LogP contribution in [-0.4, -0.2) is 11.6 Å². The van der Waals surface area contributed by atoms with Crippen molar-refractivity contribution in [2.45, 2.75) is 6.54 Å². The number of hydrogen-bond acceptors (Lipinski definition) is 2. The molecule has 0 radical (unpaired) electrons. The van der Waals surface area contributed by atoms with Crippen molar-refractivity contribution in [3.8, 4) is 0 Å². The van der Waals surface area contributed by atoms with Crippen LogP contribution in [-0.2, 0) is 6.54 Å². The fourth-order valence-electron chi connectivity index (χ4n) is 4.05. The Kier molecular flexibility index (Phi) is 4.85. The standard InChI is InChI=1S/C28H20NO2/c30-27(22-11-2-1-3-12-22)19-29-25-16-7-5-10-21(25)17-18-26(29)28(31)24-15-8-13-20-9-4-6-14-23(20)24/h1-18H,19H2/q+1. The number of benzene rings is 4. The zero-order valence-electron chi connectivity index (χ0n) is 16.9. The molecule has 1 aromatic heterocycles. The first-order valence-corrected chi connectivity index (χ1v) is 10.2. The minimum absolute atomic E-state index is 0.0334. The van der Waals surface area contributed by atoms with Crippen LogP contribution in [0.3, 0.4) is 0 Å². The molecule has 4 aromatic carbocycles. The third-order valence-electron chi connectivity index (χ3n) is 5.60. The summed E-state index contributed by atoms with van der Waals surface area (Å²) in [6.07, 6.45) is 0. The lowest BCUT2D eigenvalue weighted by Gasteiger charge is -2.09. The van der Waals surface area contributed by atoms with E-state index in [1.165, 1.54) is 0 Å². The van der Waals surface area contributed by atoms with Crippen LogP contribution < -0.4 is 4.57 Å². The maximum Gasteiger partial charge on any atom is 0.257 e. The van der Waals surface area contributed by atoms with E-state index in [1.54, 1.807) is 12.1 Å². The Balaban J connectivity index is 1.67. The van der Waals surface area contributed by atoms with Gasteiger partial charge in [0.1, 0.15) is 0 Å². The molecule has 31 heavy (non-hydrogen) atoms. The van der Waals surface area contributed by atoms with E-state index in [9.17, 15) is 9.59 Å². The van der Waals surface area contributed by atoms with Gasteiger partial charge in [0.05, 0.1) is 0 Å². The first-order valence-electron chi connectivity index (χ1n) is 10.2. The minimum atomic E-state index is -0.0941. The number of fused-ring (bicyclic) bond motifs is 2. The molecule has 0 fully saturated rings. The molecule has 5 rings (SSSR count). The van der Waals surface area contributed by atoms with E-state index >= 15 is 0 Å². The number of hydrogen-bond donors (Lipinski definition) is 0. The molecule has 0 bridgehead atoms. The molecule has 0 aliphatic rings. The summed E-state index contributed by atoms with van der Waals surface area (Å²) < 4.78 is 1.84. The lowest BCUT2D eigenvalue weighted by atomic mass is 9.98. The van der Waals surface area contributed by atoms with Crippen molar-refractivity contribution < 1.29 is 14.2 Å². The summed E-state index contributed by atoms with van der Waals surface area (Å²) in [6, 6.07) is 34.4.